The minimum Gasteiger partial charge on any atom is -0.479 e. The molecule has 0 aromatic heterocycles. The highest BCUT2D eigenvalue weighted by Gasteiger charge is 2.31. The number of hydrogen-bond acceptors (Lipinski definition) is 6. The van der Waals surface area contributed by atoms with Crippen LogP contribution in [0.2, 0.25) is 5.02 Å². The molecule has 1 aliphatic carbocycles. The van der Waals surface area contributed by atoms with Crippen LogP contribution in [-0.4, -0.2) is 59.6 Å². The van der Waals surface area contributed by atoms with E-state index < -0.39 is 36.0 Å². The Morgan fingerprint density at radius 1 is 1.02 bits per heavy atom. The van der Waals surface area contributed by atoms with Gasteiger partial charge in [-0.15, -0.1) is 0 Å². The van der Waals surface area contributed by atoms with Crippen LogP contribution in [0.3, 0.4) is 0 Å². The van der Waals surface area contributed by atoms with Crippen molar-refractivity contribution in [3.05, 3.63) is 70.7 Å². The van der Waals surface area contributed by atoms with Gasteiger partial charge in [0.1, 0.15) is 12.6 Å². The number of ether oxygens (including phenoxy) is 1. The summed E-state index contributed by atoms with van der Waals surface area (Å²) in [6, 6.07) is 15.6. The molecule has 0 saturated heterocycles. The molecule has 10 nitrogen and oxygen atoms in total. The Hall–Kier alpha value is -3.63. The molecule has 2 unspecified atom stereocenters. The van der Waals surface area contributed by atoms with Crippen molar-refractivity contribution in [1.29, 1.82) is 0 Å². The van der Waals surface area contributed by atoms with Gasteiger partial charge in [-0.05, 0) is 48.4 Å². The van der Waals surface area contributed by atoms with Crippen molar-refractivity contribution in [3.8, 4) is 0 Å². The number of carbonyl (C=O) groups excluding carboxylic acids is 3. The summed E-state index contributed by atoms with van der Waals surface area (Å²) in [6.45, 7) is 2.07. The largest absolute Gasteiger partial charge is 0.479 e. The third kappa shape index (κ3) is 11.9. The molecule has 0 spiro atoms. The van der Waals surface area contributed by atoms with Crippen molar-refractivity contribution in [1.82, 2.24) is 15.7 Å². The number of hydrogen-bond donors (Lipinski definition) is 3. The lowest BCUT2D eigenvalue weighted by atomic mass is 9.84. The number of benzene rings is 2. The van der Waals surface area contributed by atoms with Gasteiger partial charge in [0.25, 0.3) is 5.91 Å². The molecule has 1 aliphatic rings. The molecule has 11 heteroatoms. The number of nitrogens with one attached hydrogen (secondary N) is 2. The Balaban J connectivity index is 1.54. The molecule has 0 heterocycles. The lowest BCUT2D eigenvalue weighted by molar-refractivity contribution is -0.163. The Bertz CT molecular complexity index is 1210. The smallest absolute Gasteiger partial charge is 0.408 e. The van der Waals surface area contributed by atoms with E-state index in [9.17, 15) is 24.3 Å². The molecule has 0 bridgehead atoms. The van der Waals surface area contributed by atoms with Gasteiger partial charge >= 0.3 is 12.1 Å². The number of carboxylic acid groups (broad SMARTS) is 1. The van der Waals surface area contributed by atoms with Crippen molar-refractivity contribution in [2.24, 2.45) is 11.8 Å². The van der Waals surface area contributed by atoms with E-state index in [0.29, 0.717) is 30.0 Å². The molecule has 3 atom stereocenters. The van der Waals surface area contributed by atoms with Crippen molar-refractivity contribution < 1.29 is 33.9 Å². The van der Waals surface area contributed by atoms with Crippen molar-refractivity contribution >= 4 is 35.5 Å². The average molecular weight is 616 g/mol. The molecule has 0 aliphatic heterocycles. The first-order valence-corrected chi connectivity index (χ1v) is 15.1. The van der Waals surface area contributed by atoms with Gasteiger partial charge in [0.15, 0.2) is 6.10 Å². The summed E-state index contributed by atoms with van der Waals surface area (Å²) in [7, 11) is 1.67. The van der Waals surface area contributed by atoms with E-state index in [4.69, 9.17) is 21.2 Å². The lowest BCUT2D eigenvalue weighted by Gasteiger charge is -2.27. The topological polar surface area (TPSA) is 134 Å². The summed E-state index contributed by atoms with van der Waals surface area (Å²) in [5.41, 5.74) is 4.01. The maximum atomic E-state index is 13.2. The van der Waals surface area contributed by atoms with Gasteiger partial charge in [0.2, 0.25) is 5.91 Å². The third-order valence-corrected chi connectivity index (χ3v) is 7.92. The molecule has 3 amide bonds. The summed E-state index contributed by atoms with van der Waals surface area (Å²) in [4.78, 5) is 57.5. The zero-order chi connectivity index (χ0) is 31.2. The first-order chi connectivity index (χ1) is 20.6. The van der Waals surface area contributed by atoms with E-state index in [0.717, 1.165) is 37.7 Å². The van der Waals surface area contributed by atoms with Gasteiger partial charge in [-0.1, -0.05) is 93.1 Å². The van der Waals surface area contributed by atoms with Gasteiger partial charge in [-0.25, -0.2) is 15.1 Å². The zero-order valence-corrected chi connectivity index (χ0v) is 25.6. The van der Waals surface area contributed by atoms with Crippen LogP contribution < -0.4 is 10.8 Å². The van der Waals surface area contributed by atoms with Crippen LogP contribution in [0.1, 0.15) is 63.0 Å². The summed E-state index contributed by atoms with van der Waals surface area (Å²) >= 11 is 5.99. The number of rotatable bonds is 15. The number of halogens is 1. The second kappa shape index (κ2) is 17.5. The number of alkyl carbamates (subject to hydrolysis) is 1. The van der Waals surface area contributed by atoms with Crippen LogP contribution in [0.25, 0.3) is 0 Å². The van der Waals surface area contributed by atoms with E-state index in [-0.39, 0.29) is 24.9 Å². The minimum atomic E-state index is -1.46. The van der Waals surface area contributed by atoms with E-state index in [2.05, 4.69) is 10.8 Å². The van der Waals surface area contributed by atoms with Crippen molar-refractivity contribution in [2.75, 3.05) is 13.6 Å². The van der Waals surface area contributed by atoms with Crippen LogP contribution >= 0.6 is 11.6 Å². The molecular formula is C32H42ClN3O7. The maximum absolute atomic E-state index is 13.2. The van der Waals surface area contributed by atoms with E-state index in [1.54, 1.807) is 43.1 Å². The van der Waals surface area contributed by atoms with Crippen LogP contribution in [0.5, 0.6) is 0 Å². The Kier molecular flexibility index (Phi) is 13.8. The van der Waals surface area contributed by atoms with Crippen molar-refractivity contribution in [2.45, 2.75) is 77.0 Å². The second-order valence-electron chi connectivity index (χ2n) is 11.2. The number of nitrogens with zero attached hydrogens (tertiary/aromatic N) is 1. The monoisotopic (exact) mass is 615 g/mol. The molecule has 234 valence electrons. The van der Waals surface area contributed by atoms with Gasteiger partial charge in [0, 0.05) is 24.5 Å². The van der Waals surface area contributed by atoms with Crippen molar-refractivity contribution in [3.63, 3.8) is 0 Å². The average Bonchev–Trinajstić information content (AvgIpc) is 3.00. The maximum Gasteiger partial charge on any atom is 0.408 e. The molecule has 0 radical (unpaired) electrons. The highest BCUT2D eigenvalue weighted by molar-refractivity contribution is 6.30. The number of likely N-dealkylation sites (N-methyl/N-ethyl adjacent to an activating group) is 1. The summed E-state index contributed by atoms with van der Waals surface area (Å²) in [6.07, 6.45) is 3.71. The molecule has 43 heavy (non-hydrogen) atoms. The van der Waals surface area contributed by atoms with E-state index in [1.165, 1.54) is 0 Å². The minimum absolute atomic E-state index is 0.0343. The molecule has 1 saturated carbocycles. The number of aliphatic carboxylic acids is 1. The third-order valence-electron chi connectivity index (χ3n) is 7.68. The fourth-order valence-corrected chi connectivity index (χ4v) is 5.41. The highest BCUT2D eigenvalue weighted by Crippen LogP contribution is 2.27. The second-order valence-corrected chi connectivity index (χ2v) is 11.6. The van der Waals surface area contributed by atoms with Crippen LogP contribution in [0.4, 0.5) is 4.79 Å². The van der Waals surface area contributed by atoms with E-state index in [1.807, 2.05) is 30.3 Å². The standard InChI is InChI=1S/C32H42ClN3O7/c1-22(30(38)36(2)17-16-23-10-5-3-6-11-23)18-28(31(39)40)43-35-29(37)27(20-24-12-7-4-8-13-24)34-32(41)42-21-25-14-9-15-26(33)19-25/h3,5-6,9-11,14-15,19,22,24,27-28H,4,7-8,12-13,16-18,20-21H2,1-2H3,(H,34,41)(H,35,37)(H,39,40)/t22?,27-,28?/m0/s1. The zero-order valence-electron chi connectivity index (χ0n) is 24.8. The van der Waals surface area contributed by atoms with Gasteiger partial charge in [-0.2, -0.15) is 0 Å². The fraction of sp³-hybridized carbons (Fsp3) is 0.500. The van der Waals surface area contributed by atoms with Gasteiger partial charge in [0.05, 0.1) is 0 Å². The molecule has 3 N–H and O–H groups in total. The Morgan fingerprint density at radius 2 is 1.72 bits per heavy atom. The summed E-state index contributed by atoms with van der Waals surface area (Å²) in [5, 5.41) is 12.9. The highest BCUT2D eigenvalue weighted by atomic mass is 35.5. The normalized spacial score (nSPS) is 15.5. The van der Waals surface area contributed by atoms with Gasteiger partial charge < -0.3 is 20.1 Å². The lowest BCUT2D eigenvalue weighted by Crippen LogP contribution is -2.49. The Morgan fingerprint density at radius 3 is 2.40 bits per heavy atom. The number of hydroxylamine groups is 1. The van der Waals surface area contributed by atoms with Crippen LogP contribution in [0.15, 0.2) is 54.6 Å². The number of carbonyl (C=O) groups is 4. The molecule has 2 aromatic rings. The summed E-state index contributed by atoms with van der Waals surface area (Å²) < 4.78 is 5.30. The molecule has 1 fully saturated rings. The van der Waals surface area contributed by atoms with E-state index >= 15 is 0 Å². The predicted octanol–water partition coefficient (Wildman–Crippen LogP) is 5.13. The SMILES string of the molecule is CC(CC(ONC(=O)[C@H](CC1CCCCC1)NC(=O)OCc1cccc(Cl)c1)C(=O)O)C(=O)N(C)CCc1ccccc1. The molecule has 3 rings (SSSR count). The Labute approximate surface area is 258 Å². The predicted molar refractivity (Wildman–Crippen MR) is 162 cm³/mol. The first kappa shape index (κ1) is 33.9. The summed E-state index contributed by atoms with van der Waals surface area (Å²) in [5.74, 6) is -2.68. The van der Waals surface area contributed by atoms with Crippen LogP contribution in [-0.2, 0) is 37.0 Å². The number of carboxylic acids is 1. The fourth-order valence-electron chi connectivity index (χ4n) is 5.20. The van der Waals surface area contributed by atoms with Crippen LogP contribution in [0, 0.1) is 11.8 Å². The first-order valence-electron chi connectivity index (χ1n) is 14.8. The quantitative estimate of drug-likeness (QED) is 0.236. The molecule has 2 aromatic carbocycles. The van der Waals surface area contributed by atoms with Gasteiger partial charge in [-0.3, -0.25) is 14.4 Å². The molecular weight excluding hydrogens is 574 g/mol. The number of amides is 3.